The normalized spacial score (nSPS) is 55.7. The lowest BCUT2D eigenvalue weighted by atomic mass is 9.56. The van der Waals surface area contributed by atoms with Gasteiger partial charge in [-0.1, -0.05) is 13.8 Å². The molecule has 0 spiro atoms. The first-order valence-corrected chi connectivity index (χ1v) is 6.48. The highest BCUT2D eigenvalue weighted by Crippen LogP contribution is 2.52. The van der Waals surface area contributed by atoms with Gasteiger partial charge in [0.15, 0.2) is 0 Å². The minimum atomic E-state index is -0.295. The van der Waals surface area contributed by atoms with Gasteiger partial charge in [-0.15, -0.1) is 0 Å². The number of aliphatic hydroxyl groups excluding tert-OH is 1. The summed E-state index contributed by atoms with van der Waals surface area (Å²) in [5.74, 6) is 1.38. The van der Waals surface area contributed by atoms with Gasteiger partial charge in [0.25, 0.3) is 0 Å². The Labute approximate surface area is 96.2 Å². The molecule has 1 aliphatic heterocycles. The lowest BCUT2D eigenvalue weighted by molar-refractivity contribution is -0.214. The topological polar surface area (TPSA) is 46.5 Å². The number of carbonyl (C=O) groups excluding carboxylic acids is 1. The maximum Gasteiger partial charge on any atom is 0.309 e. The Bertz CT molecular complexity index is 314. The second-order valence-electron chi connectivity index (χ2n) is 6.00. The SMILES string of the molecule is C[C@@H]1C[C@H](O)[C@H]2[C@H]3[C@@H]1OC(=O)[C@@H]2CC[C@@H]3C. The molecule has 1 saturated heterocycles. The summed E-state index contributed by atoms with van der Waals surface area (Å²) in [6, 6.07) is 0. The van der Waals surface area contributed by atoms with E-state index >= 15 is 0 Å². The van der Waals surface area contributed by atoms with Gasteiger partial charge in [-0.3, -0.25) is 4.79 Å². The van der Waals surface area contributed by atoms with Crippen molar-refractivity contribution in [3.63, 3.8) is 0 Å². The first-order chi connectivity index (χ1) is 7.59. The van der Waals surface area contributed by atoms with Gasteiger partial charge in [0.05, 0.1) is 12.0 Å². The molecule has 3 nitrogen and oxygen atoms in total. The number of carbonyl (C=O) groups is 1. The van der Waals surface area contributed by atoms with Gasteiger partial charge < -0.3 is 9.84 Å². The van der Waals surface area contributed by atoms with Crippen LogP contribution in [0, 0.1) is 29.6 Å². The van der Waals surface area contributed by atoms with E-state index in [-0.39, 0.29) is 30.0 Å². The zero-order chi connectivity index (χ0) is 11.4. The predicted molar refractivity (Wildman–Crippen MR) is 58.5 cm³/mol. The van der Waals surface area contributed by atoms with Crippen LogP contribution in [-0.4, -0.2) is 23.3 Å². The van der Waals surface area contributed by atoms with Crippen molar-refractivity contribution in [3.8, 4) is 0 Å². The number of esters is 1. The highest BCUT2D eigenvalue weighted by atomic mass is 16.5. The third kappa shape index (κ3) is 1.27. The minimum absolute atomic E-state index is 0.0278. The second kappa shape index (κ2) is 3.46. The van der Waals surface area contributed by atoms with E-state index < -0.39 is 0 Å². The molecule has 7 atom stereocenters. The molecule has 0 radical (unpaired) electrons. The van der Waals surface area contributed by atoms with Crippen LogP contribution in [0.2, 0.25) is 0 Å². The fourth-order valence-corrected chi connectivity index (χ4v) is 4.29. The molecule has 3 rings (SSSR count). The van der Waals surface area contributed by atoms with Gasteiger partial charge in [0.2, 0.25) is 0 Å². The number of ether oxygens (including phenoxy) is 1. The van der Waals surface area contributed by atoms with Crippen LogP contribution < -0.4 is 0 Å². The van der Waals surface area contributed by atoms with E-state index in [1.54, 1.807) is 0 Å². The van der Waals surface area contributed by atoms with Crippen molar-refractivity contribution < 1.29 is 14.6 Å². The summed E-state index contributed by atoms with van der Waals surface area (Å²) in [5.41, 5.74) is 0. The summed E-state index contributed by atoms with van der Waals surface area (Å²) in [6.07, 6.45) is 2.57. The maximum atomic E-state index is 11.9. The van der Waals surface area contributed by atoms with Crippen molar-refractivity contribution in [3.05, 3.63) is 0 Å². The Kier molecular flexibility index (Phi) is 2.29. The molecular weight excluding hydrogens is 204 g/mol. The summed E-state index contributed by atoms with van der Waals surface area (Å²) in [7, 11) is 0. The Balaban J connectivity index is 2.00. The van der Waals surface area contributed by atoms with Crippen molar-refractivity contribution in [2.45, 2.75) is 45.3 Å². The third-order valence-electron chi connectivity index (χ3n) is 5.05. The van der Waals surface area contributed by atoms with Crippen molar-refractivity contribution in [1.29, 1.82) is 0 Å². The van der Waals surface area contributed by atoms with E-state index in [0.717, 1.165) is 19.3 Å². The highest BCUT2D eigenvalue weighted by molar-refractivity contribution is 5.74. The Morgan fingerprint density at radius 3 is 2.69 bits per heavy atom. The molecule has 2 aliphatic carbocycles. The largest absolute Gasteiger partial charge is 0.462 e. The van der Waals surface area contributed by atoms with Crippen LogP contribution in [-0.2, 0) is 9.53 Å². The van der Waals surface area contributed by atoms with E-state index in [0.29, 0.717) is 17.8 Å². The van der Waals surface area contributed by atoms with Gasteiger partial charge in [-0.05, 0) is 31.1 Å². The van der Waals surface area contributed by atoms with E-state index in [1.807, 2.05) is 0 Å². The standard InChI is InChI=1S/C13H20O3/c1-6-3-4-8-11-9(14)5-7(2)12(10(6)11)16-13(8)15/h6-12,14H,3-5H2,1-2H3/t6-,7+,8+,9-,10-,11-,12+/m0/s1. The zero-order valence-corrected chi connectivity index (χ0v) is 9.93. The second-order valence-corrected chi connectivity index (χ2v) is 6.00. The quantitative estimate of drug-likeness (QED) is 0.636. The molecular formula is C13H20O3. The molecule has 16 heavy (non-hydrogen) atoms. The number of hydrogen-bond acceptors (Lipinski definition) is 3. The smallest absolute Gasteiger partial charge is 0.309 e. The number of hydrogen-bond donors (Lipinski definition) is 1. The fraction of sp³-hybridized carbons (Fsp3) is 0.923. The highest BCUT2D eigenvalue weighted by Gasteiger charge is 2.57. The Morgan fingerprint density at radius 1 is 1.19 bits per heavy atom. The molecule has 4 bridgehead atoms. The van der Waals surface area contributed by atoms with Crippen molar-refractivity contribution in [2.75, 3.05) is 0 Å². The van der Waals surface area contributed by atoms with E-state index in [2.05, 4.69) is 13.8 Å². The summed E-state index contributed by atoms with van der Waals surface area (Å²) < 4.78 is 5.61. The van der Waals surface area contributed by atoms with Gasteiger partial charge in [-0.25, -0.2) is 0 Å². The molecule has 2 saturated carbocycles. The molecule has 90 valence electrons. The van der Waals surface area contributed by atoms with Crippen molar-refractivity contribution >= 4 is 5.97 Å². The fourth-order valence-electron chi connectivity index (χ4n) is 4.29. The molecule has 0 aromatic carbocycles. The molecule has 3 fully saturated rings. The van der Waals surface area contributed by atoms with Gasteiger partial charge >= 0.3 is 5.97 Å². The third-order valence-corrected chi connectivity index (χ3v) is 5.05. The van der Waals surface area contributed by atoms with E-state index in [4.69, 9.17) is 4.74 Å². The Morgan fingerprint density at radius 2 is 1.94 bits per heavy atom. The molecule has 0 aromatic rings. The first kappa shape index (κ1) is 10.6. The summed E-state index contributed by atoms with van der Waals surface area (Å²) in [6.45, 7) is 4.34. The lowest BCUT2D eigenvalue weighted by Crippen LogP contribution is -2.60. The zero-order valence-electron chi connectivity index (χ0n) is 9.93. The average Bonchev–Trinajstić information content (AvgIpc) is 2.23. The summed E-state index contributed by atoms with van der Waals surface area (Å²) in [4.78, 5) is 11.9. The Hall–Kier alpha value is -0.570. The van der Waals surface area contributed by atoms with E-state index in [1.165, 1.54) is 0 Å². The number of rotatable bonds is 0. The predicted octanol–water partition coefficient (Wildman–Crippen LogP) is 1.59. The van der Waals surface area contributed by atoms with Crippen molar-refractivity contribution in [2.24, 2.45) is 29.6 Å². The first-order valence-electron chi connectivity index (χ1n) is 6.48. The molecule has 1 heterocycles. The number of aliphatic hydroxyl groups is 1. The minimum Gasteiger partial charge on any atom is -0.462 e. The van der Waals surface area contributed by atoms with Crippen LogP contribution >= 0.6 is 0 Å². The van der Waals surface area contributed by atoms with Crippen LogP contribution in [0.4, 0.5) is 0 Å². The monoisotopic (exact) mass is 224 g/mol. The van der Waals surface area contributed by atoms with Crippen LogP contribution in [0.3, 0.4) is 0 Å². The molecule has 1 N–H and O–H groups in total. The van der Waals surface area contributed by atoms with Gasteiger partial charge in [0.1, 0.15) is 6.10 Å². The van der Waals surface area contributed by atoms with E-state index in [9.17, 15) is 9.90 Å². The molecule has 3 aliphatic rings. The lowest BCUT2D eigenvalue weighted by Gasteiger charge is -2.55. The van der Waals surface area contributed by atoms with Crippen LogP contribution in [0.5, 0.6) is 0 Å². The van der Waals surface area contributed by atoms with Crippen LogP contribution in [0.25, 0.3) is 0 Å². The molecule has 0 amide bonds. The molecule has 3 heteroatoms. The van der Waals surface area contributed by atoms with Crippen molar-refractivity contribution in [1.82, 2.24) is 0 Å². The average molecular weight is 224 g/mol. The summed E-state index contributed by atoms with van der Waals surface area (Å²) in [5, 5.41) is 10.2. The summed E-state index contributed by atoms with van der Waals surface area (Å²) >= 11 is 0. The molecule has 0 aromatic heterocycles. The van der Waals surface area contributed by atoms with Gasteiger partial charge in [0, 0.05) is 11.8 Å². The van der Waals surface area contributed by atoms with Crippen LogP contribution in [0.15, 0.2) is 0 Å². The molecule has 0 unspecified atom stereocenters. The maximum absolute atomic E-state index is 11.9. The van der Waals surface area contributed by atoms with Gasteiger partial charge in [-0.2, -0.15) is 0 Å². The van der Waals surface area contributed by atoms with Crippen LogP contribution in [0.1, 0.15) is 33.1 Å².